The van der Waals surface area contributed by atoms with Gasteiger partial charge in [-0.25, -0.2) is 4.98 Å². The SMILES string of the molecule is COc1cc(C)c(C(C)NC(=O)Cc2csc(-c3ccc(C)cc3)n2)cc1OC. The molecule has 0 saturated heterocycles. The lowest BCUT2D eigenvalue weighted by Crippen LogP contribution is -2.28. The first kappa shape index (κ1) is 20.9. The van der Waals surface area contributed by atoms with E-state index < -0.39 is 0 Å². The average molecular weight is 411 g/mol. The molecule has 0 aliphatic rings. The van der Waals surface area contributed by atoms with E-state index >= 15 is 0 Å². The van der Waals surface area contributed by atoms with Gasteiger partial charge in [0.1, 0.15) is 5.01 Å². The predicted molar refractivity (Wildman–Crippen MR) is 117 cm³/mol. The van der Waals surface area contributed by atoms with Gasteiger partial charge >= 0.3 is 0 Å². The summed E-state index contributed by atoms with van der Waals surface area (Å²) in [7, 11) is 3.22. The molecule has 29 heavy (non-hydrogen) atoms. The molecule has 0 aliphatic heterocycles. The Balaban J connectivity index is 1.67. The number of carbonyl (C=O) groups excluding carboxylic acids is 1. The van der Waals surface area contributed by atoms with Crippen molar-refractivity contribution >= 4 is 17.2 Å². The topological polar surface area (TPSA) is 60.5 Å². The fourth-order valence-corrected chi connectivity index (χ4v) is 4.04. The van der Waals surface area contributed by atoms with E-state index in [4.69, 9.17) is 9.47 Å². The first-order valence-corrected chi connectivity index (χ1v) is 10.3. The molecule has 0 radical (unpaired) electrons. The fraction of sp³-hybridized carbons (Fsp3) is 0.304. The summed E-state index contributed by atoms with van der Waals surface area (Å²) >= 11 is 1.56. The summed E-state index contributed by atoms with van der Waals surface area (Å²) in [6.45, 7) is 6.02. The number of rotatable bonds is 7. The minimum Gasteiger partial charge on any atom is -0.493 e. The number of nitrogens with one attached hydrogen (secondary N) is 1. The van der Waals surface area contributed by atoms with Crippen LogP contribution < -0.4 is 14.8 Å². The van der Waals surface area contributed by atoms with Gasteiger partial charge in [-0.3, -0.25) is 4.79 Å². The molecule has 152 valence electrons. The van der Waals surface area contributed by atoms with Crippen LogP contribution in [0, 0.1) is 13.8 Å². The summed E-state index contributed by atoms with van der Waals surface area (Å²) in [6, 6.07) is 11.9. The zero-order valence-electron chi connectivity index (χ0n) is 17.4. The minimum atomic E-state index is -0.155. The van der Waals surface area contributed by atoms with E-state index in [1.807, 2.05) is 31.4 Å². The van der Waals surface area contributed by atoms with Crippen molar-refractivity contribution in [2.75, 3.05) is 14.2 Å². The second kappa shape index (κ2) is 9.09. The van der Waals surface area contributed by atoms with Crippen LogP contribution >= 0.6 is 11.3 Å². The third-order valence-electron chi connectivity index (χ3n) is 4.81. The van der Waals surface area contributed by atoms with Gasteiger partial charge in [-0.2, -0.15) is 0 Å². The van der Waals surface area contributed by atoms with Crippen molar-refractivity contribution in [3.8, 4) is 22.1 Å². The number of thiazole rings is 1. The van der Waals surface area contributed by atoms with E-state index in [2.05, 4.69) is 41.5 Å². The van der Waals surface area contributed by atoms with Gasteiger partial charge in [0.15, 0.2) is 11.5 Å². The quantitative estimate of drug-likeness (QED) is 0.604. The lowest BCUT2D eigenvalue weighted by molar-refractivity contribution is -0.121. The minimum absolute atomic E-state index is 0.0626. The molecule has 6 heteroatoms. The maximum atomic E-state index is 12.6. The van der Waals surface area contributed by atoms with Crippen LogP contribution in [0.15, 0.2) is 41.8 Å². The molecule has 3 rings (SSSR count). The summed E-state index contributed by atoms with van der Waals surface area (Å²) in [4.78, 5) is 17.2. The van der Waals surface area contributed by atoms with Crippen molar-refractivity contribution in [1.29, 1.82) is 0 Å². The zero-order chi connectivity index (χ0) is 21.0. The Bertz CT molecular complexity index is 996. The highest BCUT2D eigenvalue weighted by Gasteiger charge is 2.17. The molecule has 2 aromatic carbocycles. The van der Waals surface area contributed by atoms with Crippen LogP contribution in [-0.2, 0) is 11.2 Å². The van der Waals surface area contributed by atoms with Crippen LogP contribution in [0.25, 0.3) is 10.6 Å². The van der Waals surface area contributed by atoms with Gasteiger partial charge in [0.2, 0.25) is 5.91 Å². The summed E-state index contributed by atoms with van der Waals surface area (Å²) in [5.74, 6) is 1.27. The molecule has 3 aromatic rings. The summed E-state index contributed by atoms with van der Waals surface area (Å²) in [5.41, 5.74) is 5.09. The number of ether oxygens (including phenoxy) is 2. The Morgan fingerprint density at radius 1 is 1.10 bits per heavy atom. The summed E-state index contributed by atoms with van der Waals surface area (Å²) < 4.78 is 10.7. The Morgan fingerprint density at radius 3 is 2.41 bits per heavy atom. The average Bonchev–Trinajstić information content (AvgIpc) is 3.16. The van der Waals surface area contributed by atoms with Crippen molar-refractivity contribution in [3.63, 3.8) is 0 Å². The fourth-order valence-electron chi connectivity index (χ4n) is 3.21. The first-order valence-electron chi connectivity index (χ1n) is 9.44. The number of carbonyl (C=O) groups is 1. The first-order chi connectivity index (χ1) is 13.9. The molecule has 1 unspecified atom stereocenters. The molecule has 0 spiro atoms. The molecule has 1 heterocycles. The number of aromatic nitrogens is 1. The molecule has 1 atom stereocenters. The lowest BCUT2D eigenvalue weighted by Gasteiger charge is -2.19. The van der Waals surface area contributed by atoms with E-state index in [0.717, 1.165) is 27.4 Å². The zero-order valence-corrected chi connectivity index (χ0v) is 18.2. The smallest absolute Gasteiger partial charge is 0.226 e. The molecule has 0 fully saturated rings. The molecule has 0 saturated carbocycles. The predicted octanol–water partition coefficient (Wildman–Crippen LogP) is 4.86. The third-order valence-corrected chi connectivity index (χ3v) is 5.75. The standard InChI is InChI=1S/C23H26N2O3S/c1-14-6-8-17(9-7-14)23-25-18(13-29-23)11-22(26)24-16(3)19-12-21(28-5)20(27-4)10-15(19)2/h6-10,12-13,16H,11H2,1-5H3,(H,24,26). The Hall–Kier alpha value is -2.86. The van der Waals surface area contributed by atoms with Crippen LogP contribution in [0.3, 0.4) is 0 Å². The Labute approximate surface area is 175 Å². The molecular formula is C23H26N2O3S. The number of methoxy groups -OCH3 is 2. The number of hydrogen-bond donors (Lipinski definition) is 1. The molecular weight excluding hydrogens is 384 g/mol. The highest BCUT2D eigenvalue weighted by atomic mass is 32.1. The van der Waals surface area contributed by atoms with Gasteiger partial charge in [0, 0.05) is 10.9 Å². The van der Waals surface area contributed by atoms with Crippen molar-refractivity contribution in [2.24, 2.45) is 0 Å². The lowest BCUT2D eigenvalue weighted by atomic mass is 10.0. The second-order valence-electron chi connectivity index (χ2n) is 7.04. The van der Waals surface area contributed by atoms with Crippen LogP contribution in [0.2, 0.25) is 0 Å². The van der Waals surface area contributed by atoms with Gasteiger partial charge in [0.05, 0.1) is 32.4 Å². The Kier molecular flexibility index (Phi) is 6.54. The number of amides is 1. The highest BCUT2D eigenvalue weighted by Crippen LogP contribution is 2.33. The van der Waals surface area contributed by atoms with E-state index in [0.29, 0.717) is 11.5 Å². The van der Waals surface area contributed by atoms with Gasteiger partial charge in [-0.15, -0.1) is 11.3 Å². The van der Waals surface area contributed by atoms with Crippen LogP contribution in [0.1, 0.15) is 35.3 Å². The van der Waals surface area contributed by atoms with Crippen molar-refractivity contribution < 1.29 is 14.3 Å². The van der Waals surface area contributed by atoms with Gasteiger partial charge in [0.25, 0.3) is 0 Å². The number of hydrogen-bond acceptors (Lipinski definition) is 5. The maximum absolute atomic E-state index is 12.6. The van der Waals surface area contributed by atoms with Crippen molar-refractivity contribution in [1.82, 2.24) is 10.3 Å². The monoisotopic (exact) mass is 410 g/mol. The van der Waals surface area contributed by atoms with Gasteiger partial charge in [-0.1, -0.05) is 29.8 Å². The van der Waals surface area contributed by atoms with Crippen LogP contribution in [0.5, 0.6) is 11.5 Å². The van der Waals surface area contributed by atoms with E-state index in [9.17, 15) is 4.79 Å². The molecule has 1 aromatic heterocycles. The number of nitrogens with zero attached hydrogens (tertiary/aromatic N) is 1. The third kappa shape index (κ3) is 4.95. The summed E-state index contributed by atoms with van der Waals surface area (Å²) in [6.07, 6.45) is 0.249. The van der Waals surface area contributed by atoms with Crippen LogP contribution in [0.4, 0.5) is 0 Å². The molecule has 1 amide bonds. The van der Waals surface area contributed by atoms with E-state index in [1.165, 1.54) is 5.56 Å². The largest absolute Gasteiger partial charge is 0.493 e. The molecule has 5 nitrogen and oxygen atoms in total. The number of aryl methyl sites for hydroxylation is 2. The number of benzene rings is 2. The molecule has 0 bridgehead atoms. The van der Waals surface area contributed by atoms with E-state index in [1.54, 1.807) is 25.6 Å². The van der Waals surface area contributed by atoms with Gasteiger partial charge in [-0.05, 0) is 44.0 Å². The van der Waals surface area contributed by atoms with Gasteiger partial charge < -0.3 is 14.8 Å². The van der Waals surface area contributed by atoms with E-state index in [-0.39, 0.29) is 18.4 Å². The summed E-state index contributed by atoms with van der Waals surface area (Å²) in [5, 5.41) is 5.93. The molecule has 0 aliphatic carbocycles. The Morgan fingerprint density at radius 2 is 1.76 bits per heavy atom. The van der Waals surface area contributed by atoms with Crippen molar-refractivity contribution in [2.45, 2.75) is 33.2 Å². The highest BCUT2D eigenvalue weighted by molar-refractivity contribution is 7.13. The van der Waals surface area contributed by atoms with Crippen LogP contribution in [-0.4, -0.2) is 25.1 Å². The normalized spacial score (nSPS) is 11.8. The molecule has 1 N–H and O–H groups in total. The maximum Gasteiger partial charge on any atom is 0.226 e. The van der Waals surface area contributed by atoms with Crippen molar-refractivity contribution in [3.05, 3.63) is 64.2 Å². The second-order valence-corrected chi connectivity index (χ2v) is 7.90.